The minimum atomic E-state index is -0.779. The van der Waals surface area contributed by atoms with E-state index in [0.29, 0.717) is 12.8 Å². The summed E-state index contributed by atoms with van der Waals surface area (Å²) in [5.74, 6) is 0.432. The third kappa shape index (κ3) is 3.34. The second-order valence-electron chi connectivity index (χ2n) is 5.81. The number of amides is 1. The molecule has 1 aliphatic rings. The van der Waals surface area contributed by atoms with E-state index in [0.717, 1.165) is 22.6 Å². The molecule has 0 unspecified atom stereocenters. The highest BCUT2D eigenvalue weighted by molar-refractivity contribution is 7.97. The van der Waals surface area contributed by atoms with E-state index in [1.807, 2.05) is 35.1 Å². The number of aliphatic carboxylic acids is 1. The monoisotopic (exact) mass is 333 g/mol. The highest BCUT2D eigenvalue weighted by atomic mass is 32.2. The van der Waals surface area contributed by atoms with Crippen LogP contribution in [0.1, 0.15) is 18.7 Å². The third-order valence-electron chi connectivity index (χ3n) is 4.16. The molecule has 0 aliphatic heterocycles. The predicted molar refractivity (Wildman–Crippen MR) is 89.2 cm³/mol. The lowest BCUT2D eigenvalue weighted by Gasteiger charge is -2.32. The van der Waals surface area contributed by atoms with Gasteiger partial charge in [0.15, 0.2) is 0 Å². The van der Waals surface area contributed by atoms with Crippen LogP contribution in [-0.4, -0.2) is 38.8 Å². The second kappa shape index (κ2) is 6.62. The largest absolute Gasteiger partial charge is 0.481 e. The number of carboxylic acid groups (broad SMARTS) is 1. The van der Waals surface area contributed by atoms with Gasteiger partial charge in [0, 0.05) is 6.04 Å². The van der Waals surface area contributed by atoms with E-state index in [2.05, 4.69) is 10.3 Å². The molecule has 1 aromatic carbocycles. The number of hydrogen-bond acceptors (Lipinski definition) is 4. The number of nitrogens with one attached hydrogen (secondary N) is 1. The summed E-state index contributed by atoms with van der Waals surface area (Å²) in [7, 11) is 0. The van der Waals surface area contributed by atoms with Crippen LogP contribution < -0.4 is 5.32 Å². The Morgan fingerprint density at radius 1 is 1.39 bits per heavy atom. The number of imidazole rings is 1. The second-order valence-corrected chi connectivity index (χ2v) is 6.67. The smallest absolute Gasteiger partial charge is 0.306 e. The van der Waals surface area contributed by atoms with Gasteiger partial charge in [-0.25, -0.2) is 4.98 Å². The van der Waals surface area contributed by atoms with Crippen LogP contribution in [0.25, 0.3) is 11.0 Å². The Hall–Kier alpha value is -2.02. The molecule has 2 aromatic rings. The number of carboxylic acids is 1. The molecule has 23 heavy (non-hydrogen) atoms. The van der Waals surface area contributed by atoms with Crippen LogP contribution in [0.5, 0.6) is 0 Å². The number of thioether (sulfide) groups is 1. The summed E-state index contributed by atoms with van der Waals surface area (Å²) in [6, 6.07) is 7.75. The number of carbonyl (C=O) groups excluding carboxylic acids is 1. The van der Waals surface area contributed by atoms with Crippen LogP contribution in [0.3, 0.4) is 0 Å². The van der Waals surface area contributed by atoms with Crippen LogP contribution in [0, 0.1) is 5.92 Å². The predicted octanol–water partition coefficient (Wildman–Crippen LogP) is 1.88. The van der Waals surface area contributed by atoms with Gasteiger partial charge in [0.2, 0.25) is 5.91 Å². The van der Waals surface area contributed by atoms with Crippen LogP contribution in [0.4, 0.5) is 0 Å². The quantitative estimate of drug-likeness (QED) is 0.843. The molecule has 1 amide bonds. The zero-order valence-corrected chi connectivity index (χ0v) is 13.7. The van der Waals surface area contributed by atoms with Crippen molar-refractivity contribution in [3.05, 3.63) is 30.1 Å². The van der Waals surface area contributed by atoms with Crippen molar-refractivity contribution >= 4 is 34.7 Å². The van der Waals surface area contributed by atoms with Crippen LogP contribution in [0.2, 0.25) is 0 Å². The normalized spacial score (nSPS) is 20.2. The molecule has 0 saturated heterocycles. The number of hydrogen-bond donors (Lipinski definition) is 2. The number of benzene rings is 1. The molecule has 0 radical (unpaired) electrons. The van der Waals surface area contributed by atoms with Crippen molar-refractivity contribution in [2.45, 2.75) is 31.2 Å². The van der Waals surface area contributed by atoms with Gasteiger partial charge >= 0.3 is 5.97 Å². The first kappa shape index (κ1) is 15.9. The van der Waals surface area contributed by atoms with E-state index in [-0.39, 0.29) is 24.4 Å². The highest BCUT2D eigenvalue weighted by Crippen LogP contribution is 2.27. The van der Waals surface area contributed by atoms with Crippen molar-refractivity contribution in [2.24, 2.45) is 5.92 Å². The minimum Gasteiger partial charge on any atom is -0.481 e. The summed E-state index contributed by atoms with van der Waals surface area (Å²) >= 11 is 1.66. The summed E-state index contributed by atoms with van der Waals surface area (Å²) in [5, 5.41) is 11.8. The van der Waals surface area contributed by atoms with E-state index in [1.54, 1.807) is 11.8 Å². The molecule has 122 valence electrons. The summed E-state index contributed by atoms with van der Waals surface area (Å²) < 4.78 is 1.94. The first-order valence-electron chi connectivity index (χ1n) is 7.53. The fourth-order valence-electron chi connectivity index (χ4n) is 2.90. The first-order valence-corrected chi connectivity index (χ1v) is 8.93. The molecule has 0 atom stereocenters. The zero-order valence-electron chi connectivity index (χ0n) is 12.9. The Kier molecular flexibility index (Phi) is 4.56. The van der Waals surface area contributed by atoms with Gasteiger partial charge in [-0.05, 0) is 31.2 Å². The summed E-state index contributed by atoms with van der Waals surface area (Å²) in [5.41, 5.74) is 1.84. The molecule has 0 spiro atoms. The fourth-order valence-corrected chi connectivity index (χ4v) is 3.37. The van der Waals surface area contributed by atoms with Crippen molar-refractivity contribution in [2.75, 3.05) is 6.26 Å². The van der Waals surface area contributed by atoms with Gasteiger partial charge < -0.3 is 15.0 Å². The average molecular weight is 333 g/mol. The maximum Gasteiger partial charge on any atom is 0.306 e. The molecular weight excluding hydrogens is 314 g/mol. The number of aromatic nitrogens is 2. The average Bonchev–Trinajstić information content (AvgIpc) is 2.80. The van der Waals surface area contributed by atoms with Gasteiger partial charge in [0.25, 0.3) is 0 Å². The number of rotatable bonds is 6. The molecule has 1 aliphatic carbocycles. The van der Waals surface area contributed by atoms with E-state index in [1.165, 1.54) is 0 Å². The number of nitrogens with zero attached hydrogens (tertiary/aromatic N) is 2. The Balaban J connectivity index is 1.69. The van der Waals surface area contributed by atoms with Gasteiger partial charge in [0.1, 0.15) is 12.4 Å². The fraction of sp³-hybridized carbons (Fsp3) is 0.438. The molecule has 0 bridgehead atoms. The van der Waals surface area contributed by atoms with Crippen molar-refractivity contribution < 1.29 is 14.7 Å². The Bertz CT molecular complexity index is 737. The standard InChI is InChI=1S/C16H19N3O3S/c1-23-9-14-18-12-4-2-3-5-13(12)19(14)8-15(20)17-11-6-10(7-11)16(21)22/h2-5,10-11H,6-9H2,1H3,(H,17,20)(H,21,22). The number of carbonyl (C=O) groups is 2. The first-order chi connectivity index (χ1) is 11.1. The summed E-state index contributed by atoms with van der Waals surface area (Å²) in [6.07, 6.45) is 3.04. The SMILES string of the molecule is CSCc1nc2ccccc2n1CC(=O)NC1CC(C(=O)O)C1. The molecule has 1 heterocycles. The molecule has 1 aromatic heterocycles. The Morgan fingerprint density at radius 3 is 2.83 bits per heavy atom. The lowest BCUT2D eigenvalue weighted by atomic mass is 9.80. The summed E-state index contributed by atoms with van der Waals surface area (Å²) in [6.45, 7) is 0.213. The maximum absolute atomic E-state index is 12.3. The molecule has 2 N–H and O–H groups in total. The lowest BCUT2D eigenvalue weighted by Crippen LogP contribution is -2.47. The summed E-state index contributed by atoms with van der Waals surface area (Å²) in [4.78, 5) is 27.7. The van der Waals surface area contributed by atoms with Crippen LogP contribution in [0.15, 0.2) is 24.3 Å². The topological polar surface area (TPSA) is 84.2 Å². The molecule has 6 nitrogen and oxygen atoms in total. The van der Waals surface area contributed by atoms with Crippen molar-refractivity contribution in [3.63, 3.8) is 0 Å². The van der Waals surface area contributed by atoms with E-state index in [4.69, 9.17) is 5.11 Å². The van der Waals surface area contributed by atoms with Gasteiger partial charge in [-0.2, -0.15) is 11.8 Å². The van der Waals surface area contributed by atoms with E-state index >= 15 is 0 Å². The highest BCUT2D eigenvalue weighted by Gasteiger charge is 2.35. The molecular formula is C16H19N3O3S. The Morgan fingerprint density at radius 2 is 2.13 bits per heavy atom. The zero-order chi connectivity index (χ0) is 16.4. The lowest BCUT2D eigenvalue weighted by molar-refractivity contribution is -0.146. The number of para-hydroxylation sites is 2. The molecule has 3 rings (SSSR count). The van der Waals surface area contributed by atoms with E-state index in [9.17, 15) is 9.59 Å². The van der Waals surface area contributed by atoms with Crippen molar-refractivity contribution in [1.29, 1.82) is 0 Å². The molecule has 1 fully saturated rings. The van der Waals surface area contributed by atoms with Gasteiger partial charge in [0.05, 0.1) is 22.7 Å². The van der Waals surface area contributed by atoms with Gasteiger partial charge in [-0.1, -0.05) is 12.1 Å². The van der Waals surface area contributed by atoms with Crippen LogP contribution >= 0.6 is 11.8 Å². The molecule has 1 saturated carbocycles. The van der Waals surface area contributed by atoms with E-state index < -0.39 is 5.97 Å². The third-order valence-corrected chi connectivity index (χ3v) is 4.71. The van der Waals surface area contributed by atoms with Crippen molar-refractivity contribution in [3.8, 4) is 0 Å². The molecule has 7 heteroatoms. The Labute approximate surface area is 138 Å². The van der Waals surface area contributed by atoms with Crippen LogP contribution in [-0.2, 0) is 21.9 Å². The number of fused-ring (bicyclic) bond motifs is 1. The van der Waals surface area contributed by atoms with Gasteiger partial charge in [-0.3, -0.25) is 9.59 Å². The van der Waals surface area contributed by atoms with Gasteiger partial charge in [-0.15, -0.1) is 0 Å². The minimum absolute atomic E-state index is 0.0256. The van der Waals surface area contributed by atoms with Crippen molar-refractivity contribution in [1.82, 2.24) is 14.9 Å². The maximum atomic E-state index is 12.3.